The Kier molecular flexibility index (Phi) is 3.65. The molecular weight excluding hydrogens is 278 g/mol. The molecule has 104 valence electrons. The lowest BCUT2D eigenvalue weighted by atomic mass is 10.0. The second-order valence-electron chi connectivity index (χ2n) is 4.70. The van der Waals surface area contributed by atoms with Gasteiger partial charge in [-0.1, -0.05) is 11.6 Å². The lowest BCUT2D eigenvalue weighted by molar-refractivity contribution is -0.121. The molecular formula is C15H14ClNO3. The number of fused-ring (bicyclic) bond motifs is 1. The molecule has 1 aromatic carbocycles. The molecule has 0 fully saturated rings. The van der Waals surface area contributed by atoms with E-state index in [0.717, 1.165) is 17.7 Å². The Morgan fingerprint density at radius 1 is 1.40 bits per heavy atom. The van der Waals surface area contributed by atoms with E-state index >= 15 is 0 Å². The first-order valence-corrected chi connectivity index (χ1v) is 6.84. The Balaban J connectivity index is 1.72. The molecule has 5 heteroatoms. The van der Waals surface area contributed by atoms with Gasteiger partial charge >= 0.3 is 0 Å². The fourth-order valence-corrected chi connectivity index (χ4v) is 2.51. The standard InChI is InChI=1S/C15H14ClNO3/c16-10-3-4-14-12(8-10)13(5-7-20-14)17-15(18)9-11-2-1-6-19-11/h1-4,6,8,13H,5,7,9H2,(H,17,18)/t13-/m1/s1. The average Bonchev–Trinajstić information content (AvgIpc) is 2.92. The summed E-state index contributed by atoms with van der Waals surface area (Å²) in [5.74, 6) is 1.36. The number of ether oxygens (including phenoxy) is 1. The maximum absolute atomic E-state index is 12.0. The zero-order chi connectivity index (χ0) is 13.9. The van der Waals surface area contributed by atoms with E-state index < -0.39 is 0 Å². The van der Waals surface area contributed by atoms with Gasteiger partial charge in [0.15, 0.2) is 0 Å². The first-order valence-electron chi connectivity index (χ1n) is 6.46. The van der Waals surface area contributed by atoms with E-state index in [1.54, 1.807) is 24.5 Å². The highest BCUT2D eigenvalue weighted by Crippen LogP contribution is 2.33. The van der Waals surface area contributed by atoms with Crippen LogP contribution in [0.25, 0.3) is 0 Å². The van der Waals surface area contributed by atoms with E-state index in [0.29, 0.717) is 17.4 Å². The van der Waals surface area contributed by atoms with E-state index in [1.807, 2.05) is 12.1 Å². The van der Waals surface area contributed by atoms with Gasteiger partial charge in [-0.05, 0) is 30.3 Å². The van der Waals surface area contributed by atoms with Crippen LogP contribution >= 0.6 is 11.6 Å². The molecule has 2 aromatic rings. The van der Waals surface area contributed by atoms with E-state index in [9.17, 15) is 4.79 Å². The molecule has 0 saturated carbocycles. The van der Waals surface area contributed by atoms with Gasteiger partial charge in [0.05, 0.1) is 25.3 Å². The van der Waals surface area contributed by atoms with Gasteiger partial charge in [0.25, 0.3) is 0 Å². The third-order valence-electron chi connectivity index (χ3n) is 3.26. The molecule has 0 unspecified atom stereocenters. The highest BCUT2D eigenvalue weighted by Gasteiger charge is 2.23. The molecule has 1 atom stereocenters. The van der Waals surface area contributed by atoms with Crippen LogP contribution in [0.15, 0.2) is 41.0 Å². The molecule has 3 rings (SSSR count). The number of benzene rings is 1. The van der Waals surface area contributed by atoms with Crippen molar-refractivity contribution in [3.05, 3.63) is 52.9 Å². The molecule has 0 spiro atoms. The maximum Gasteiger partial charge on any atom is 0.228 e. The van der Waals surface area contributed by atoms with Gasteiger partial charge in [-0.2, -0.15) is 0 Å². The molecule has 4 nitrogen and oxygen atoms in total. The number of rotatable bonds is 3. The summed E-state index contributed by atoms with van der Waals surface area (Å²) in [6.07, 6.45) is 2.53. The number of carbonyl (C=O) groups excluding carboxylic acids is 1. The minimum atomic E-state index is -0.0715. The Morgan fingerprint density at radius 3 is 3.10 bits per heavy atom. The SMILES string of the molecule is O=C(Cc1ccco1)N[C@@H]1CCOc2ccc(Cl)cc21. The summed E-state index contributed by atoms with van der Waals surface area (Å²) in [6.45, 7) is 0.584. The Labute approximate surface area is 121 Å². The molecule has 0 saturated heterocycles. The number of nitrogens with one attached hydrogen (secondary N) is 1. The first-order chi connectivity index (χ1) is 9.72. The molecule has 20 heavy (non-hydrogen) atoms. The molecule has 0 bridgehead atoms. The fourth-order valence-electron chi connectivity index (χ4n) is 2.33. The molecule has 1 aromatic heterocycles. The van der Waals surface area contributed by atoms with Crippen LogP contribution in [0.1, 0.15) is 23.8 Å². The van der Waals surface area contributed by atoms with Crippen molar-refractivity contribution < 1.29 is 13.9 Å². The number of hydrogen-bond acceptors (Lipinski definition) is 3. The number of amides is 1. The zero-order valence-corrected chi connectivity index (χ0v) is 11.5. The summed E-state index contributed by atoms with van der Waals surface area (Å²) in [6, 6.07) is 8.95. The van der Waals surface area contributed by atoms with Crippen LogP contribution in [0.5, 0.6) is 5.75 Å². The third-order valence-corrected chi connectivity index (χ3v) is 3.50. The number of furan rings is 1. The monoisotopic (exact) mass is 291 g/mol. The third kappa shape index (κ3) is 2.80. The zero-order valence-electron chi connectivity index (χ0n) is 10.8. The van der Waals surface area contributed by atoms with E-state index in [4.69, 9.17) is 20.8 Å². The molecule has 1 amide bonds. The first kappa shape index (κ1) is 13.1. The fraction of sp³-hybridized carbons (Fsp3) is 0.267. The van der Waals surface area contributed by atoms with Crippen LogP contribution < -0.4 is 10.1 Å². The smallest absolute Gasteiger partial charge is 0.228 e. The van der Waals surface area contributed by atoms with Gasteiger partial charge in [0.1, 0.15) is 11.5 Å². The van der Waals surface area contributed by atoms with Gasteiger partial charge in [0, 0.05) is 17.0 Å². The van der Waals surface area contributed by atoms with Crippen molar-refractivity contribution in [2.45, 2.75) is 18.9 Å². The van der Waals surface area contributed by atoms with Crippen molar-refractivity contribution in [3.63, 3.8) is 0 Å². The second kappa shape index (κ2) is 5.59. The van der Waals surface area contributed by atoms with E-state index in [2.05, 4.69) is 5.32 Å². The summed E-state index contributed by atoms with van der Waals surface area (Å²) >= 11 is 6.01. The molecule has 2 heterocycles. The van der Waals surface area contributed by atoms with E-state index in [-0.39, 0.29) is 18.4 Å². The predicted octanol–water partition coefficient (Wildman–Crippen LogP) is 3.12. The lowest BCUT2D eigenvalue weighted by Crippen LogP contribution is -2.33. The van der Waals surface area contributed by atoms with Crippen LogP contribution in [0.4, 0.5) is 0 Å². The Hall–Kier alpha value is -1.94. The van der Waals surface area contributed by atoms with Gasteiger partial charge in [-0.15, -0.1) is 0 Å². The maximum atomic E-state index is 12.0. The molecule has 1 aliphatic heterocycles. The number of carbonyl (C=O) groups is 1. The Morgan fingerprint density at radius 2 is 2.30 bits per heavy atom. The number of halogens is 1. The van der Waals surface area contributed by atoms with Crippen molar-refractivity contribution in [1.82, 2.24) is 5.32 Å². The van der Waals surface area contributed by atoms with Gasteiger partial charge in [0.2, 0.25) is 5.91 Å². The molecule has 0 radical (unpaired) electrons. The summed E-state index contributed by atoms with van der Waals surface area (Å²) in [4.78, 5) is 12.0. The molecule has 0 aliphatic carbocycles. The quantitative estimate of drug-likeness (QED) is 0.945. The second-order valence-corrected chi connectivity index (χ2v) is 5.13. The summed E-state index contributed by atoms with van der Waals surface area (Å²) in [5.41, 5.74) is 0.927. The van der Waals surface area contributed by atoms with E-state index in [1.165, 1.54) is 0 Å². The van der Waals surface area contributed by atoms with Crippen LogP contribution in [0.2, 0.25) is 5.02 Å². The molecule has 1 aliphatic rings. The minimum absolute atomic E-state index is 0.0695. The van der Waals surface area contributed by atoms with Gasteiger partial charge < -0.3 is 14.5 Å². The largest absolute Gasteiger partial charge is 0.493 e. The van der Waals surface area contributed by atoms with Gasteiger partial charge in [-0.3, -0.25) is 4.79 Å². The topological polar surface area (TPSA) is 51.5 Å². The summed E-state index contributed by atoms with van der Waals surface area (Å²) < 4.78 is 10.7. The average molecular weight is 292 g/mol. The van der Waals surface area contributed by atoms with Crippen molar-refractivity contribution in [3.8, 4) is 5.75 Å². The van der Waals surface area contributed by atoms with Gasteiger partial charge in [-0.25, -0.2) is 0 Å². The molecule has 1 N–H and O–H groups in total. The summed E-state index contributed by atoms with van der Waals surface area (Å²) in [7, 11) is 0. The minimum Gasteiger partial charge on any atom is -0.493 e. The van der Waals surface area contributed by atoms with Crippen molar-refractivity contribution in [2.24, 2.45) is 0 Å². The van der Waals surface area contributed by atoms with Crippen molar-refractivity contribution in [2.75, 3.05) is 6.61 Å². The highest BCUT2D eigenvalue weighted by molar-refractivity contribution is 6.30. The van der Waals surface area contributed by atoms with Crippen molar-refractivity contribution >= 4 is 17.5 Å². The predicted molar refractivity (Wildman–Crippen MR) is 74.9 cm³/mol. The number of hydrogen-bond donors (Lipinski definition) is 1. The lowest BCUT2D eigenvalue weighted by Gasteiger charge is -2.26. The van der Waals surface area contributed by atoms with Crippen LogP contribution in [-0.4, -0.2) is 12.5 Å². The Bertz CT molecular complexity index is 610. The van der Waals surface area contributed by atoms with Crippen LogP contribution in [-0.2, 0) is 11.2 Å². The van der Waals surface area contributed by atoms with Crippen LogP contribution in [0.3, 0.4) is 0 Å². The normalized spacial score (nSPS) is 17.1. The summed E-state index contributed by atoms with van der Waals surface area (Å²) in [5, 5.41) is 3.64. The van der Waals surface area contributed by atoms with Crippen molar-refractivity contribution in [1.29, 1.82) is 0 Å². The van der Waals surface area contributed by atoms with Crippen LogP contribution in [0, 0.1) is 0 Å². The highest BCUT2D eigenvalue weighted by atomic mass is 35.5.